The Morgan fingerprint density at radius 1 is 0.897 bits per heavy atom. The number of nitrogens with zero attached hydrogens (tertiary/aromatic N) is 6. The SMILES string of the molecule is Cc1nn(-c2ncc(NC(=O)c3cnn(-c4ccccc4)c3C)cn2)c(C)c1C. The van der Waals surface area contributed by atoms with Crippen LogP contribution in [0.4, 0.5) is 5.69 Å². The zero-order chi connectivity index (χ0) is 20.5. The fourth-order valence-corrected chi connectivity index (χ4v) is 3.07. The molecular weight excluding hydrogens is 366 g/mol. The van der Waals surface area contributed by atoms with Gasteiger partial charge in [0.1, 0.15) is 0 Å². The van der Waals surface area contributed by atoms with Gasteiger partial charge in [0.05, 0.1) is 46.9 Å². The third-order valence-corrected chi connectivity index (χ3v) is 4.99. The maximum absolute atomic E-state index is 12.7. The summed E-state index contributed by atoms with van der Waals surface area (Å²) in [7, 11) is 0. The van der Waals surface area contributed by atoms with E-state index in [4.69, 9.17) is 0 Å². The number of hydrogen-bond donors (Lipinski definition) is 1. The Kier molecular flexibility index (Phi) is 4.67. The lowest BCUT2D eigenvalue weighted by Gasteiger charge is -2.07. The molecule has 3 aromatic heterocycles. The number of aromatic nitrogens is 6. The molecule has 0 bridgehead atoms. The zero-order valence-electron chi connectivity index (χ0n) is 16.7. The molecule has 1 N–H and O–H groups in total. The predicted molar refractivity (Wildman–Crippen MR) is 110 cm³/mol. The Morgan fingerprint density at radius 2 is 1.59 bits per heavy atom. The Balaban J connectivity index is 1.53. The molecule has 0 saturated heterocycles. The van der Waals surface area contributed by atoms with Crippen molar-refractivity contribution in [1.29, 1.82) is 0 Å². The molecule has 0 saturated carbocycles. The first-order chi connectivity index (χ1) is 14.0. The van der Waals surface area contributed by atoms with Gasteiger partial charge in [-0.05, 0) is 45.4 Å². The van der Waals surface area contributed by atoms with Crippen LogP contribution in [0.25, 0.3) is 11.6 Å². The maximum atomic E-state index is 12.7. The van der Waals surface area contributed by atoms with Crippen molar-refractivity contribution in [3.63, 3.8) is 0 Å². The van der Waals surface area contributed by atoms with Gasteiger partial charge in [0.15, 0.2) is 0 Å². The summed E-state index contributed by atoms with van der Waals surface area (Å²) in [5.41, 5.74) is 5.69. The van der Waals surface area contributed by atoms with Crippen LogP contribution >= 0.6 is 0 Å². The quantitative estimate of drug-likeness (QED) is 0.580. The lowest BCUT2D eigenvalue weighted by Crippen LogP contribution is -2.14. The summed E-state index contributed by atoms with van der Waals surface area (Å²) in [6, 6.07) is 9.68. The minimum atomic E-state index is -0.261. The normalized spacial score (nSPS) is 10.9. The Morgan fingerprint density at radius 3 is 2.21 bits per heavy atom. The van der Waals surface area contributed by atoms with Crippen molar-refractivity contribution >= 4 is 11.6 Å². The number of aryl methyl sites for hydroxylation is 1. The summed E-state index contributed by atoms with van der Waals surface area (Å²) in [6.45, 7) is 7.80. The average molecular weight is 387 g/mol. The molecule has 0 radical (unpaired) electrons. The highest BCUT2D eigenvalue weighted by atomic mass is 16.1. The largest absolute Gasteiger partial charge is 0.319 e. The van der Waals surface area contributed by atoms with Crippen LogP contribution in [0.2, 0.25) is 0 Å². The highest BCUT2D eigenvalue weighted by Crippen LogP contribution is 2.17. The van der Waals surface area contributed by atoms with Gasteiger partial charge in [-0.2, -0.15) is 10.2 Å². The minimum Gasteiger partial charge on any atom is -0.319 e. The number of hydrogen-bond acceptors (Lipinski definition) is 5. The smallest absolute Gasteiger partial charge is 0.259 e. The van der Waals surface area contributed by atoms with Gasteiger partial charge in [-0.25, -0.2) is 19.3 Å². The number of carbonyl (C=O) groups is 1. The Bertz CT molecular complexity index is 1170. The fraction of sp³-hybridized carbons (Fsp3) is 0.190. The van der Waals surface area contributed by atoms with Crippen LogP contribution in [0.5, 0.6) is 0 Å². The molecule has 1 aromatic carbocycles. The number of anilines is 1. The van der Waals surface area contributed by atoms with E-state index in [0.717, 1.165) is 28.3 Å². The highest BCUT2D eigenvalue weighted by Gasteiger charge is 2.16. The number of nitrogens with one attached hydrogen (secondary N) is 1. The molecule has 0 aliphatic rings. The first-order valence-corrected chi connectivity index (χ1v) is 9.22. The third-order valence-electron chi connectivity index (χ3n) is 4.99. The van der Waals surface area contributed by atoms with Crippen LogP contribution < -0.4 is 5.32 Å². The predicted octanol–water partition coefficient (Wildman–Crippen LogP) is 3.33. The summed E-state index contributed by atoms with van der Waals surface area (Å²) in [5, 5.41) is 11.6. The topological polar surface area (TPSA) is 90.5 Å². The first-order valence-electron chi connectivity index (χ1n) is 9.22. The molecule has 4 aromatic rings. The van der Waals surface area contributed by atoms with Crippen LogP contribution in [0.3, 0.4) is 0 Å². The van der Waals surface area contributed by atoms with Crippen molar-refractivity contribution in [2.75, 3.05) is 5.32 Å². The standard InChI is InChI=1S/C21H21N7O/c1-13-14(2)26-28(15(13)3)21-22-10-17(11-23-21)25-20(29)19-12-24-27(16(19)4)18-8-6-5-7-9-18/h5-12H,1-4H3,(H,25,29). The van der Waals surface area contributed by atoms with E-state index < -0.39 is 0 Å². The molecule has 8 nitrogen and oxygen atoms in total. The number of carbonyl (C=O) groups excluding carboxylic acids is 1. The van der Waals surface area contributed by atoms with E-state index in [0.29, 0.717) is 17.2 Å². The molecular formula is C21H21N7O. The molecule has 0 unspecified atom stereocenters. The molecule has 29 heavy (non-hydrogen) atoms. The van der Waals surface area contributed by atoms with Crippen LogP contribution in [-0.2, 0) is 0 Å². The summed E-state index contributed by atoms with van der Waals surface area (Å²) in [5.74, 6) is 0.202. The molecule has 0 atom stereocenters. The van der Waals surface area contributed by atoms with Crippen molar-refractivity contribution in [1.82, 2.24) is 29.5 Å². The van der Waals surface area contributed by atoms with Gasteiger partial charge in [0.25, 0.3) is 11.9 Å². The molecule has 3 heterocycles. The molecule has 0 fully saturated rings. The number of amides is 1. The van der Waals surface area contributed by atoms with Crippen molar-refractivity contribution in [3.05, 3.63) is 77.1 Å². The van der Waals surface area contributed by atoms with E-state index in [9.17, 15) is 4.79 Å². The summed E-state index contributed by atoms with van der Waals surface area (Å²) in [6.07, 6.45) is 4.71. The summed E-state index contributed by atoms with van der Waals surface area (Å²) in [4.78, 5) is 21.4. The fourth-order valence-electron chi connectivity index (χ4n) is 3.07. The first kappa shape index (κ1) is 18.5. The second-order valence-electron chi connectivity index (χ2n) is 6.82. The van der Waals surface area contributed by atoms with Crippen molar-refractivity contribution in [2.45, 2.75) is 27.7 Å². The maximum Gasteiger partial charge on any atom is 0.259 e. The van der Waals surface area contributed by atoms with E-state index >= 15 is 0 Å². The molecule has 0 aliphatic carbocycles. The van der Waals surface area contributed by atoms with Crippen molar-refractivity contribution in [3.8, 4) is 11.6 Å². The van der Waals surface area contributed by atoms with E-state index in [1.54, 1.807) is 28.0 Å². The highest BCUT2D eigenvalue weighted by molar-refractivity contribution is 6.04. The van der Waals surface area contributed by atoms with Crippen molar-refractivity contribution < 1.29 is 4.79 Å². The molecule has 4 rings (SSSR count). The van der Waals surface area contributed by atoms with Gasteiger partial charge in [0.2, 0.25) is 0 Å². The zero-order valence-corrected chi connectivity index (χ0v) is 16.7. The number of rotatable bonds is 4. The van der Waals surface area contributed by atoms with Crippen LogP contribution in [0.15, 0.2) is 48.9 Å². The van der Waals surface area contributed by atoms with Gasteiger partial charge in [-0.1, -0.05) is 18.2 Å². The van der Waals surface area contributed by atoms with E-state index in [1.165, 1.54) is 0 Å². The summed E-state index contributed by atoms with van der Waals surface area (Å²) < 4.78 is 3.43. The van der Waals surface area contributed by atoms with E-state index in [-0.39, 0.29) is 5.91 Å². The van der Waals surface area contributed by atoms with Crippen LogP contribution in [-0.4, -0.2) is 35.4 Å². The number of benzene rings is 1. The molecule has 0 aliphatic heterocycles. The lowest BCUT2D eigenvalue weighted by atomic mass is 10.2. The third kappa shape index (κ3) is 3.40. The average Bonchev–Trinajstić information content (AvgIpc) is 3.24. The second-order valence-corrected chi connectivity index (χ2v) is 6.82. The molecule has 0 spiro atoms. The van der Waals surface area contributed by atoms with Gasteiger partial charge in [-0.3, -0.25) is 4.79 Å². The van der Waals surface area contributed by atoms with Gasteiger partial charge >= 0.3 is 0 Å². The van der Waals surface area contributed by atoms with Crippen LogP contribution in [0, 0.1) is 27.7 Å². The van der Waals surface area contributed by atoms with Crippen LogP contribution in [0.1, 0.15) is 33.0 Å². The molecule has 146 valence electrons. The van der Waals surface area contributed by atoms with Gasteiger partial charge in [0, 0.05) is 5.69 Å². The molecule has 1 amide bonds. The second kappa shape index (κ2) is 7.31. The Hall–Kier alpha value is -3.81. The summed E-state index contributed by atoms with van der Waals surface area (Å²) >= 11 is 0. The lowest BCUT2D eigenvalue weighted by molar-refractivity contribution is 0.102. The van der Waals surface area contributed by atoms with E-state index in [1.807, 2.05) is 58.0 Å². The van der Waals surface area contributed by atoms with Gasteiger partial charge < -0.3 is 5.32 Å². The van der Waals surface area contributed by atoms with Gasteiger partial charge in [-0.15, -0.1) is 0 Å². The van der Waals surface area contributed by atoms with Crippen molar-refractivity contribution in [2.24, 2.45) is 0 Å². The molecule has 8 heteroatoms. The number of para-hydroxylation sites is 1. The van der Waals surface area contributed by atoms with E-state index in [2.05, 4.69) is 25.5 Å². The Labute approximate surface area is 168 Å². The monoisotopic (exact) mass is 387 g/mol. The minimum absolute atomic E-state index is 0.261.